The van der Waals surface area contributed by atoms with Crippen LogP contribution in [0.3, 0.4) is 0 Å². The molecule has 0 saturated carbocycles. The molecule has 0 aliphatic carbocycles. The number of thioether (sulfide) groups is 1. The lowest BCUT2D eigenvalue weighted by Gasteiger charge is -2.14. The SMILES string of the molecule is CCc1ccc(NC(=O)[C@H](C)Sc2ccc(Cl)c(C(F)(F)F)c2)cc1. The van der Waals surface area contributed by atoms with Crippen molar-refractivity contribution in [2.75, 3.05) is 5.32 Å². The summed E-state index contributed by atoms with van der Waals surface area (Å²) in [5, 5.41) is 1.84. The standard InChI is InChI=1S/C18H17ClF3NOS/c1-3-12-4-6-13(7-5-12)23-17(24)11(2)25-14-8-9-16(19)15(10-14)18(20,21)22/h4-11H,3H2,1-2H3,(H,23,24)/t11-/m0/s1. The maximum atomic E-state index is 12.9. The van der Waals surface area contributed by atoms with Crippen molar-refractivity contribution in [3.63, 3.8) is 0 Å². The normalized spacial score (nSPS) is 12.7. The molecule has 0 bridgehead atoms. The lowest BCUT2D eigenvalue weighted by atomic mass is 10.1. The number of hydrogen-bond donors (Lipinski definition) is 1. The van der Waals surface area contributed by atoms with Crippen LogP contribution in [0.5, 0.6) is 0 Å². The van der Waals surface area contributed by atoms with E-state index in [-0.39, 0.29) is 10.9 Å². The molecule has 1 atom stereocenters. The summed E-state index contributed by atoms with van der Waals surface area (Å²) in [5.41, 5.74) is 0.907. The maximum Gasteiger partial charge on any atom is 0.417 e. The molecule has 2 aromatic rings. The Labute approximate surface area is 153 Å². The smallest absolute Gasteiger partial charge is 0.325 e. The number of benzene rings is 2. The van der Waals surface area contributed by atoms with Crippen LogP contribution < -0.4 is 5.32 Å². The Morgan fingerprint density at radius 3 is 2.40 bits per heavy atom. The summed E-state index contributed by atoms with van der Waals surface area (Å²) in [5.74, 6) is -0.280. The van der Waals surface area contributed by atoms with Crippen molar-refractivity contribution in [3.05, 3.63) is 58.6 Å². The van der Waals surface area contributed by atoms with Gasteiger partial charge in [-0.25, -0.2) is 0 Å². The third kappa shape index (κ3) is 5.41. The van der Waals surface area contributed by atoms with Crippen molar-refractivity contribution in [1.82, 2.24) is 0 Å². The number of carbonyl (C=O) groups is 1. The van der Waals surface area contributed by atoms with Crippen LogP contribution in [0.25, 0.3) is 0 Å². The van der Waals surface area contributed by atoms with Gasteiger partial charge < -0.3 is 5.32 Å². The molecule has 2 nitrogen and oxygen atoms in total. The Morgan fingerprint density at radius 2 is 1.84 bits per heavy atom. The van der Waals surface area contributed by atoms with Gasteiger partial charge in [0, 0.05) is 10.6 Å². The molecule has 0 radical (unpaired) electrons. The molecule has 0 aliphatic rings. The van der Waals surface area contributed by atoms with Crippen LogP contribution in [0.15, 0.2) is 47.4 Å². The zero-order valence-electron chi connectivity index (χ0n) is 13.7. The Hall–Kier alpha value is -1.66. The molecule has 0 aromatic heterocycles. The van der Waals surface area contributed by atoms with Gasteiger partial charge in [-0.05, 0) is 49.2 Å². The third-order valence-electron chi connectivity index (χ3n) is 3.56. The molecule has 2 rings (SSSR count). The van der Waals surface area contributed by atoms with Gasteiger partial charge in [-0.3, -0.25) is 4.79 Å². The molecule has 0 spiro atoms. The number of alkyl halides is 3. The average Bonchev–Trinajstić information content (AvgIpc) is 2.56. The van der Waals surface area contributed by atoms with E-state index in [0.29, 0.717) is 10.6 Å². The second kappa shape index (κ2) is 8.15. The first-order chi connectivity index (χ1) is 11.7. The zero-order chi connectivity index (χ0) is 18.6. The first-order valence-electron chi connectivity index (χ1n) is 7.64. The molecular formula is C18H17ClF3NOS. The Balaban J connectivity index is 2.05. The third-order valence-corrected chi connectivity index (χ3v) is 4.98. The van der Waals surface area contributed by atoms with Gasteiger partial charge in [0.15, 0.2) is 0 Å². The monoisotopic (exact) mass is 387 g/mol. The van der Waals surface area contributed by atoms with E-state index in [4.69, 9.17) is 11.6 Å². The van der Waals surface area contributed by atoms with Crippen LogP contribution in [-0.2, 0) is 17.4 Å². The largest absolute Gasteiger partial charge is 0.417 e. The number of amides is 1. The predicted molar refractivity (Wildman–Crippen MR) is 96.2 cm³/mol. The zero-order valence-corrected chi connectivity index (χ0v) is 15.2. The molecule has 7 heteroatoms. The predicted octanol–water partition coefficient (Wildman–Crippen LogP) is 6.04. The topological polar surface area (TPSA) is 29.1 Å². The minimum absolute atomic E-state index is 0.280. The van der Waals surface area contributed by atoms with E-state index in [1.165, 1.54) is 12.1 Å². The van der Waals surface area contributed by atoms with Crippen LogP contribution in [0.2, 0.25) is 5.02 Å². The highest BCUT2D eigenvalue weighted by molar-refractivity contribution is 8.00. The lowest BCUT2D eigenvalue weighted by Crippen LogP contribution is -2.22. The molecule has 1 amide bonds. The Kier molecular flexibility index (Phi) is 6.41. The second-order valence-corrected chi connectivity index (χ2v) is 7.26. The summed E-state index contributed by atoms with van der Waals surface area (Å²) >= 11 is 6.65. The van der Waals surface area contributed by atoms with Gasteiger partial charge in [0.2, 0.25) is 5.91 Å². The van der Waals surface area contributed by atoms with Crippen molar-refractivity contribution < 1.29 is 18.0 Å². The van der Waals surface area contributed by atoms with Gasteiger partial charge in [-0.15, -0.1) is 11.8 Å². The highest BCUT2D eigenvalue weighted by atomic mass is 35.5. The van der Waals surface area contributed by atoms with E-state index in [1.807, 2.05) is 19.1 Å². The van der Waals surface area contributed by atoms with E-state index < -0.39 is 17.0 Å². The number of hydrogen-bond acceptors (Lipinski definition) is 2. The minimum Gasteiger partial charge on any atom is -0.325 e. The first kappa shape index (κ1) is 19.7. The van der Waals surface area contributed by atoms with Gasteiger partial charge in [0.25, 0.3) is 0 Å². The molecule has 0 heterocycles. The van der Waals surface area contributed by atoms with Gasteiger partial charge in [-0.1, -0.05) is 30.7 Å². The summed E-state index contributed by atoms with van der Waals surface area (Å²) in [6, 6.07) is 11.1. The fraction of sp³-hybridized carbons (Fsp3) is 0.278. The average molecular weight is 388 g/mol. The summed E-state index contributed by atoms with van der Waals surface area (Å²) in [4.78, 5) is 12.6. The summed E-state index contributed by atoms with van der Waals surface area (Å²) in [6.45, 7) is 3.68. The molecule has 2 aromatic carbocycles. The van der Waals surface area contributed by atoms with Crippen molar-refractivity contribution in [2.45, 2.75) is 36.6 Å². The second-order valence-electron chi connectivity index (χ2n) is 5.44. The summed E-state index contributed by atoms with van der Waals surface area (Å²) in [6.07, 6.45) is -3.63. The lowest BCUT2D eigenvalue weighted by molar-refractivity contribution is -0.137. The van der Waals surface area contributed by atoms with Crippen molar-refractivity contribution in [3.8, 4) is 0 Å². The molecule has 134 valence electrons. The number of nitrogens with one attached hydrogen (secondary N) is 1. The Morgan fingerprint density at radius 1 is 1.20 bits per heavy atom. The highest BCUT2D eigenvalue weighted by Crippen LogP contribution is 2.37. The van der Waals surface area contributed by atoms with Crippen LogP contribution in [0, 0.1) is 0 Å². The molecule has 0 saturated heterocycles. The summed E-state index contributed by atoms with van der Waals surface area (Å²) < 4.78 is 38.7. The van der Waals surface area contributed by atoms with Gasteiger partial charge >= 0.3 is 6.18 Å². The van der Waals surface area contributed by atoms with Crippen molar-refractivity contribution >= 4 is 35.0 Å². The van der Waals surface area contributed by atoms with E-state index in [9.17, 15) is 18.0 Å². The number of halogens is 4. The number of carbonyl (C=O) groups excluding carboxylic acids is 1. The quantitative estimate of drug-likeness (QED) is 0.633. The van der Waals surface area contributed by atoms with Crippen molar-refractivity contribution in [1.29, 1.82) is 0 Å². The van der Waals surface area contributed by atoms with Crippen LogP contribution in [-0.4, -0.2) is 11.2 Å². The first-order valence-corrected chi connectivity index (χ1v) is 8.89. The fourth-order valence-corrected chi connectivity index (χ4v) is 3.25. The van der Waals surface area contributed by atoms with Crippen LogP contribution >= 0.6 is 23.4 Å². The minimum atomic E-state index is -4.53. The van der Waals surface area contributed by atoms with E-state index in [0.717, 1.165) is 29.8 Å². The van der Waals surface area contributed by atoms with E-state index in [2.05, 4.69) is 5.32 Å². The number of aryl methyl sites for hydroxylation is 1. The van der Waals surface area contributed by atoms with Crippen LogP contribution in [0.1, 0.15) is 25.0 Å². The molecule has 0 fully saturated rings. The molecule has 1 N–H and O–H groups in total. The maximum absolute atomic E-state index is 12.9. The van der Waals surface area contributed by atoms with Crippen molar-refractivity contribution in [2.24, 2.45) is 0 Å². The number of rotatable bonds is 5. The molecule has 25 heavy (non-hydrogen) atoms. The molecule has 0 unspecified atom stereocenters. The van der Waals surface area contributed by atoms with E-state index >= 15 is 0 Å². The van der Waals surface area contributed by atoms with Gasteiger partial charge in [-0.2, -0.15) is 13.2 Å². The summed E-state index contributed by atoms with van der Waals surface area (Å²) in [7, 11) is 0. The fourth-order valence-electron chi connectivity index (χ4n) is 2.12. The highest BCUT2D eigenvalue weighted by Gasteiger charge is 2.33. The van der Waals surface area contributed by atoms with E-state index in [1.54, 1.807) is 19.1 Å². The van der Waals surface area contributed by atoms with Gasteiger partial charge in [0.1, 0.15) is 0 Å². The molecule has 0 aliphatic heterocycles. The van der Waals surface area contributed by atoms with Crippen LogP contribution in [0.4, 0.5) is 18.9 Å². The number of anilines is 1. The molecular weight excluding hydrogens is 371 g/mol. The Bertz CT molecular complexity index is 747. The van der Waals surface area contributed by atoms with Gasteiger partial charge in [0.05, 0.1) is 15.8 Å².